The maximum absolute atomic E-state index is 13.7. The highest BCUT2D eigenvalue weighted by molar-refractivity contribution is 7.80. The number of nitrogens with zero attached hydrogens (tertiary/aromatic N) is 4. The fourth-order valence-electron chi connectivity index (χ4n) is 4.68. The minimum atomic E-state index is -4.75. The third-order valence-corrected chi connectivity index (χ3v) is 6.76. The molecule has 0 N–H and O–H groups in total. The summed E-state index contributed by atoms with van der Waals surface area (Å²) in [5, 5.41) is 18.5. The van der Waals surface area contributed by atoms with Gasteiger partial charge in [0.05, 0.1) is 29.0 Å². The van der Waals surface area contributed by atoms with Crippen LogP contribution in [0.4, 0.5) is 18.9 Å². The molecule has 1 aromatic carbocycles. The standard InChI is InChI=1S/C24H19F3N4OS/c1-15-4-7-18(8-5-16(15)13-28)31-22(33)30(21(32)23(31)10-2-3-11-23)19-9-6-17(14-29)20(12-19)24(25,26)27/h4-9,12,15H,2-3,10-11H2,1H3. The van der Waals surface area contributed by atoms with Crippen LogP contribution in [0.1, 0.15) is 43.7 Å². The summed E-state index contributed by atoms with van der Waals surface area (Å²) < 4.78 is 40.7. The van der Waals surface area contributed by atoms with Crippen molar-refractivity contribution < 1.29 is 18.0 Å². The third kappa shape index (κ3) is 3.63. The molecular weight excluding hydrogens is 449 g/mol. The Balaban J connectivity index is 1.84. The Morgan fingerprint density at radius 3 is 2.45 bits per heavy atom. The third-order valence-electron chi connectivity index (χ3n) is 6.40. The second kappa shape index (κ2) is 8.17. The molecule has 1 aromatic rings. The molecule has 0 aromatic heterocycles. The number of allylic oxidation sites excluding steroid dienone is 5. The highest BCUT2D eigenvalue weighted by Gasteiger charge is 2.57. The van der Waals surface area contributed by atoms with Crippen LogP contribution >= 0.6 is 12.2 Å². The van der Waals surface area contributed by atoms with E-state index in [0.717, 1.165) is 29.9 Å². The van der Waals surface area contributed by atoms with Gasteiger partial charge in [-0.1, -0.05) is 25.8 Å². The molecule has 2 aliphatic carbocycles. The number of amides is 1. The van der Waals surface area contributed by atoms with Gasteiger partial charge in [-0.05, 0) is 61.5 Å². The monoisotopic (exact) mass is 468 g/mol. The Labute approximate surface area is 194 Å². The van der Waals surface area contributed by atoms with Gasteiger partial charge in [0.2, 0.25) is 0 Å². The minimum absolute atomic E-state index is 0.0232. The van der Waals surface area contributed by atoms with Crippen molar-refractivity contribution in [3.05, 3.63) is 64.9 Å². The van der Waals surface area contributed by atoms with E-state index >= 15 is 0 Å². The van der Waals surface area contributed by atoms with Gasteiger partial charge in [-0.25, -0.2) is 0 Å². The molecule has 4 rings (SSSR count). The van der Waals surface area contributed by atoms with E-state index in [-0.39, 0.29) is 22.6 Å². The maximum atomic E-state index is 13.7. The number of benzene rings is 1. The van der Waals surface area contributed by atoms with Crippen LogP contribution in [0.5, 0.6) is 0 Å². The molecule has 1 amide bonds. The van der Waals surface area contributed by atoms with E-state index < -0.39 is 22.8 Å². The van der Waals surface area contributed by atoms with Gasteiger partial charge in [0.25, 0.3) is 5.91 Å². The Morgan fingerprint density at radius 2 is 1.85 bits per heavy atom. The fourth-order valence-corrected chi connectivity index (χ4v) is 5.15. The predicted octanol–water partition coefficient (Wildman–Crippen LogP) is 5.36. The van der Waals surface area contributed by atoms with Crippen LogP contribution in [-0.2, 0) is 11.0 Å². The van der Waals surface area contributed by atoms with E-state index in [4.69, 9.17) is 17.5 Å². The molecule has 3 aliphatic rings. The smallest absolute Gasteiger partial charge is 0.303 e. The molecule has 9 heteroatoms. The first kappa shape index (κ1) is 22.8. The molecule has 1 saturated heterocycles. The van der Waals surface area contributed by atoms with Crippen molar-refractivity contribution in [1.29, 1.82) is 10.5 Å². The first-order valence-corrected chi connectivity index (χ1v) is 10.8. The van der Waals surface area contributed by atoms with Crippen LogP contribution in [0.3, 0.4) is 0 Å². The molecule has 5 nitrogen and oxygen atoms in total. The van der Waals surface area contributed by atoms with E-state index in [0.29, 0.717) is 24.1 Å². The van der Waals surface area contributed by atoms with Crippen molar-refractivity contribution >= 4 is 28.9 Å². The van der Waals surface area contributed by atoms with Gasteiger partial charge in [-0.3, -0.25) is 9.69 Å². The molecule has 0 radical (unpaired) electrons. The Kier molecular flexibility index (Phi) is 5.63. The van der Waals surface area contributed by atoms with Gasteiger partial charge in [0.15, 0.2) is 5.11 Å². The molecule has 33 heavy (non-hydrogen) atoms. The molecule has 1 atom stereocenters. The van der Waals surface area contributed by atoms with Gasteiger partial charge < -0.3 is 4.90 Å². The Bertz CT molecular complexity index is 1210. The number of hydrogen-bond acceptors (Lipinski definition) is 4. The largest absolute Gasteiger partial charge is 0.417 e. The highest BCUT2D eigenvalue weighted by atomic mass is 32.1. The first-order valence-electron chi connectivity index (χ1n) is 10.4. The number of hydrogen-bond donors (Lipinski definition) is 0. The van der Waals surface area contributed by atoms with E-state index in [1.165, 1.54) is 6.07 Å². The van der Waals surface area contributed by atoms with E-state index in [9.17, 15) is 23.2 Å². The van der Waals surface area contributed by atoms with Crippen molar-refractivity contribution in [2.45, 2.75) is 44.3 Å². The molecular formula is C24H19F3N4OS. The SMILES string of the molecule is CC1C=CC(N2C(=S)N(c3ccc(C#N)c(C(F)(F)F)c3)C(=O)C23CCCC3)=CC=C1C#N. The summed E-state index contributed by atoms with van der Waals surface area (Å²) in [6.45, 7) is 1.88. The fraction of sp³-hybridized carbons (Fsp3) is 0.333. The number of thiocarbonyl (C=S) groups is 1. The molecule has 168 valence electrons. The van der Waals surface area contributed by atoms with Crippen molar-refractivity contribution in [3.63, 3.8) is 0 Å². The van der Waals surface area contributed by atoms with E-state index in [2.05, 4.69) is 6.07 Å². The summed E-state index contributed by atoms with van der Waals surface area (Å²) in [6, 6.07) is 6.90. The van der Waals surface area contributed by atoms with Crippen LogP contribution in [0.25, 0.3) is 0 Å². The second-order valence-corrected chi connectivity index (χ2v) is 8.67. The minimum Gasteiger partial charge on any atom is -0.303 e. The Morgan fingerprint density at radius 1 is 1.15 bits per heavy atom. The lowest BCUT2D eigenvalue weighted by Crippen LogP contribution is -2.46. The van der Waals surface area contributed by atoms with Crippen molar-refractivity contribution in [3.8, 4) is 12.1 Å². The number of anilines is 1. The highest BCUT2D eigenvalue weighted by Crippen LogP contribution is 2.46. The molecule has 1 saturated carbocycles. The summed E-state index contributed by atoms with van der Waals surface area (Å²) in [4.78, 5) is 16.6. The molecule has 1 unspecified atom stereocenters. The number of nitriles is 2. The normalized spacial score (nSPS) is 22.2. The number of carbonyl (C=O) groups excluding carboxylic acids is 1. The number of halogens is 3. The van der Waals surface area contributed by atoms with Gasteiger partial charge in [0, 0.05) is 17.2 Å². The molecule has 1 heterocycles. The first-order chi connectivity index (χ1) is 15.6. The summed E-state index contributed by atoms with van der Waals surface area (Å²) in [5.74, 6) is -0.502. The summed E-state index contributed by atoms with van der Waals surface area (Å²) in [7, 11) is 0. The van der Waals surface area contributed by atoms with Crippen LogP contribution in [-0.4, -0.2) is 21.5 Å². The Hall–Kier alpha value is -3.43. The lowest BCUT2D eigenvalue weighted by Gasteiger charge is -2.33. The van der Waals surface area contributed by atoms with Gasteiger partial charge >= 0.3 is 6.18 Å². The average molecular weight is 469 g/mol. The van der Waals surface area contributed by atoms with Crippen molar-refractivity contribution in [2.24, 2.45) is 5.92 Å². The molecule has 0 bridgehead atoms. The average Bonchev–Trinajstić information content (AvgIpc) is 3.28. The zero-order valence-electron chi connectivity index (χ0n) is 17.7. The predicted molar refractivity (Wildman–Crippen MR) is 119 cm³/mol. The van der Waals surface area contributed by atoms with E-state index in [1.54, 1.807) is 29.2 Å². The van der Waals surface area contributed by atoms with E-state index in [1.807, 2.05) is 13.0 Å². The van der Waals surface area contributed by atoms with Crippen molar-refractivity contribution in [1.82, 2.24) is 4.90 Å². The van der Waals surface area contributed by atoms with Crippen LogP contribution in [0, 0.1) is 28.6 Å². The summed E-state index contributed by atoms with van der Waals surface area (Å²) >= 11 is 5.66. The van der Waals surface area contributed by atoms with Crippen LogP contribution in [0.15, 0.2) is 53.8 Å². The van der Waals surface area contributed by atoms with Crippen LogP contribution in [0.2, 0.25) is 0 Å². The summed E-state index contributed by atoms with van der Waals surface area (Å²) in [5.41, 5.74) is -1.48. The molecule has 2 fully saturated rings. The molecule has 1 spiro atoms. The zero-order valence-corrected chi connectivity index (χ0v) is 18.5. The number of rotatable bonds is 2. The van der Waals surface area contributed by atoms with Gasteiger partial charge in [-0.15, -0.1) is 0 Å². The quantitative estimate of drug-likeness (QED) is 0.546. The summed E-state index contributed by atoms with van der Waals surface area (Å²) in [6.07, 6.45) is 4.89. The lowest BCUT2D eigenvalue weighted by molar-refractivity contribution is -0.137. The van der Waals surface area contributed by atoms with Gasteiger partial charge in [-0.2, -0.15) is 23.7 Å². The zero-order chi connectivity index (χ0) is 24.0. The molecule has 1 aliphatic heterocycles. The second-order valence-electron chi connectivity index (χ2n) is 8.31. The maximum Gasteiger partial charge on any atom is 0.417 e. The topological polar surface area (TPSA) is 71.1 Å². The lowest BCUT2D eigenvalue weighted by atomic mass is 9.94. The van der Waals surface area contributed by atoms with Gasteiger partial charge in [0.1, 0.15) is 5.54 Å². The number of carbonyl (C=O) groups is 1. The number of alkyl halides is 3. The van der Waals surface area contributed by atoms with Crippen LogP contribution < -0.4 is 4.90 Å². The van der Waals surface area contributed by atoms with Crippen molar-refractivity contribution in [2.75, 3.05) is 4.90 Å².